The molecule has 2 amide bonds. The Morgan fingerprint density at radius 3 is 2.23 bits per heavy atom. The van der Waals surface area contributed by atoms with Crippen molar-refractivity contribution >= 4 is 50.9 Å². The molecule has 4 saturated carbocycles. The number of benzene rings is 1. The SMILES string of the molecule is CC1CN(CC(=O)NC2C3CC4CC2CC(CC(N)=O)(C4)C3)S(=O)(=O)N(c2c(Cl)cc(C(F)(F)F)cc2Cl)C1. The Kier molecular flexibility index (Phi) is 7.34. The summed E-state index contributed by atoms with van der Waals surface area (Å²) in [5.74, 6) is -0.0930. The van der Waals surface area contributed by atoms with Gasteiger partial charge in [-0.3, -0.25) is 13.9 Å². The fourth-order valence-electron chi connectivity index (χ4n) is 7.74. The average molecular weight is 612 g/mol. The van der Waals surface area contributed by atoms with Crippen LogP contribution in [0.1, 0.15) is 51.0 Å². The maximum Gasteiger partial charge on any atom is 0.416 e. The molecule has 1 saturated heterocycles. The van der Waals surface area contributed by atoms with Crippen molar-refractivity contribution in [2.24, 2.45) is 34.8 Å². The zero-order chi connectivity index (χ0) is 28.5. The van der Waals surface area contributed by atoms with Crippen molar-refractivity contribution < 1.29 is 31.2 Å². The molecule has 1 aromatic carbocycles. The zero-order valence-corrected chi connectivity index (χ0v) is 23.6. The van der Waals surface area contributed by atoms with Crippen molar-refractivity contribution in [3.05, 3.63) is 27.7 Å². The van der Waals surface area contributed by atoms with E-state index in [1.807, 2.05) is 0 Å². The summed E-state index contributed by atoms with van der Waals surface area (Å²) in [6.07, 6.45) is 0.169. The molecule has 4 aliphatic carbocycles. The summed E-state index contributed by atoms with van der Waals surface area (Å²) < 4.78 is 68.6. The summed E-state index contributed by atoms with van der Waals surface area (Å²) in [4.78, 5) is 24.9. The van der Waals surface area contributed by atoms with E-state index in [4.69, 9.17) is 28.9 Å². The molecule has 216 valence electrons. The summed E-state index contributed by atoms with van der Waals surface area (Å²) in [6, 6.07) is 1.19. The minimum atomic E-state index is -4.71. The quantitative estimate of drug-likeness (QED) is 0.502. The number of alkyl halides is 3. The number of nitrogens with two attached hydrogens (primary N) is 1. The Morgan fingerprint density at radius 2 is 1.69 bits per heavy atom. The van der Waals surface area contributed by atoms with Gasteiger partial charge in [0.05, 0.1) is 27.8 Å². The van der Waals surface area contributed by atoms with E-state index in [9.17, 15) is 31.2 Å². The van der Waals surface area contributed by atoms with Crippen LogP contribution in [0.2, 0.25) is 10.0 Å². The number of anilines is 1. The normalized spacial score (nSPS) is 33.8. The number of nitrogens with zero attached hydrogens (tertiary/aromatic N) is 2. The summed E-state index contributed by atoms with van der Waals surface area (Å²) in [7, 11) is -4.32. The number of primary amides is 1. The summed E-state index contributed by atoms with van der Waals surface area (Å²) in [6.45, 7) is 1.34. The Balaban J connectivity index is 1.32. The van der Waals surface area contributed by atoms with Crippen LogP contribution in [-0.2, 0) is 26.0 Å². The highest BCUT2D eigenvalue weighted by Crippen LogP contribution is 2.61. The van der Waals surface area contributed by atoms with E-state index in [1.54, 1.807) is 6.92 Å². The van der Waals surface area contributed by atoms with Crippen molar-refractivity contribution in [3.63, 3.8) is 0 Å². The topological polar surface area (TPSA) is 113 Å². The van der Waals surface area contributed by atoms with E-state index in [0.29, 0.717) is 24.5 Å². The van der Waals surface area contributed by atoms with Gasteiger partial charge in [-0.05, 0) is 73.3 Å². The summed E-state index contributed by atoms with van der Waals surface area (Å²) in [5.41, 5.74) is 4.09. The zero-order valence-electron chi connectivity index (χ0n) is 21.3. The van der Waals surface area contributed by atoms with Crippen LogP contribution in [0.4, 0.5) is 18.9 Å². The number of carbonyl (C=O) groups is 2. The minimum Gasteiger partial charge on any atom is -0.370 e. The van der Waals surface area contributed by atoms with E-state index < -0.39 is 44.4 Å². The van der Waals surface area contributed by atoms with Gasteiger partial charge in [0.2, 0.25) is 11.8 Å². The van der Waals surface area contributed by atoms with Crippen LogP contribution in [-0.4, -0.2) is 50.2 Å². The van der Waals surface area contributed by atoms with Gasteiger partial charge in [0, 0.05) is 25.6 Å². The van der Waals surface area contributed by atoms with Crippen LogP contribution in [0.15, 0.2) is 12.1 Å². The molecule has 14 heteroatoms. The third kappa shape index (κ3) is 5.46. The number of hydrogen-bond acceptors (Lipinski definition) is 4. The molecule has 6 rings (SSSR count). The fraction of sp³-hybridized carbons (Fsp3) is 0.680. The predicted molar refractivity (Wildman–Crippen MR) is 140 cm³/mol. The van der Waals surface area contributed by atoms with E-state index in [1.165, 1.54) is 0 Å². The van der Waals surface area contributed by atoms with Crippen molar-refractivity contribution in [1.82, 2.24) is 9.62 Å². The molecule has 1 heterocycles. The largest absolute Gasteiger partial charge is 0.416 e. The second kappa shape index (κ2) is 9.95. The molecule has 1 aromatic rings. The molecule has 3 N–H and O–H groups in total. The molecule has 4 bridgehead atoms. The molecule has 0 spiro atoms. The monoisotopic (exact) mass is 610 g/mol. The Morgan fingerprint density at radius 1 is 1.10 bits per heavy atom. The molecule has 3 unspecified atom stereocenters. The fourth-order valence-corrected chi connectivity index (χ4v) is 10.4. The lowest BCUT2D eigenvalue weighted by Crippen LogP contribution is -2.61. The first-order valence-corrected chi connectivity index (χ1v) is 15.1. The number of amides is 2. The van der Waals surface area contributed by atoms with Gasteiger partial charge in [0.25, 0.3) is 0 Å². The van der Waals surface area contributed by atoms with Gasteiger partial charge in [0.1, 0.15) is 0 Å². The molecule has 3 atom stereocenters. The summed E-state index contributed by atoms with van der Waals surface area (Å²) >= 11 is 12.3. The molecular weight excluding hydrogens is 580 g/mol. The van der Waals surface area contributed by atoms with Gasteiger partial charge in [-0.25, -0.2) is 0 Å². The first kappa shape index (κ1) is 28.8. The Hall–Kier alpha value is -1.76. The van der Waals surface area contributed by atoms with Crippen LogP contribution in [0.5, 0.6) is 0 Å². The molecule has 1 aliphatic heterocycles. The lowest BCUT2D eigenvalue weighted by Gasteiger charge is -2.60. The van der Waals surface area contributed by atoms with E-state index in [-0.39, 0.29) is 53.9 Å². The van der Waals surface area contributed by atoms with Gasteiger partial charge in [0.15, 0.2) is 0 Å². The van der Waals surface area contributed by atoms with Crippen LogP contribution >= 0.6 is 23.2 Å². The van der Waals surface area contributed by atoms with Gasteiger partial charge in [-0.15, -0.1) is 0 Å². The third-order valence-corrected chi connectivity index (χ3v) is 11.2. The number of nitrogens with one attached hydrogen (secondary N) is 1. The smallest absolute Gasteiger partial charge is 0.370 e. The lowest BCUT2D eigenvalue weighted by atomic mass is 9.47. The van der Waals surface area contributed by atoms with Crippen molar-refractivity contribution in [2.45, 2.75) is 57.7 Å². The molecule has 0 radical (unpaired) electrons. The highest BCUT2D eigenvalue weighted by molar-refractivity contribution is 7.90. The van der Waals surface area contributed by atoms with E-state index in [0.717, 1.165) is 40.7 Å². The van der Waals surface area contributed by atoms with Crippen molar-refractivity contribution in [3.8, 4) is 0 Å². The van der Waals surface area contributed by atoms with Crippen LogP contribution in [0, 0.1) is 29.1 Å². The van der Waals surface area contributed by atoms with Crippen LogP contribution < -0.4 is 15.4 Å². The number of hydrogen-bond donors (Lipinski definition) is 2. The lowest BCUT2D eigenvalue weighted by molar-refractivity contribution is -0.137. The first-order chi connectivity index (χ1) is 18.1. The predicted octanol–water partition coefficient (Wildman–Crippen LogP) is 4.20. The van der Waals surface area contributed by atoms with Crippen molar-refractivity contribution in [2.75, 3.05) is 23.9 Å². The van der Waals surface area contributed by atoms with Gasteiger partial charge < -0.3 is 11.1 Å². The molecule has 0 aromatic heterocycles. The Bertz CT molecular complexity index is 1260. The molecule has 8 nitrogen and oxygen atoms in total. The van der Waals surface area contributed by atoms with Gasteiger partial charge >= 0.3 is 16.4 Å². The number of carbonyl (C=O) groups excluding carboxylic acids is 2. The van der Waals surface area contributed by atoms with Gasteiger partial charge in [-0.2, -0.15) is 25.9 Å². The first-order valence-electron chi connectivity index (χ1n) is 13.0. The maximum absolute atomic E-state index is 13.6. The highest BCUT2D eigenvalue weighted by Gasteiger charge is 2.56. The summed E-state index contributed by atoms with van der Waals surface area (Å²) in [5, 5.41) is 2.18. The standard InChI is InChI=1S/C25H31Cl2F3N4O4S/c1-13-10-33(39(37,38)34(11-13)23-18(26)4-17(5-19(23)27)25(28,29)30)12-21(36)32-22-15-2-14-3-16(22)8-24(6-14,7-15)9-20(31)35/h4-5,13-16,22H,2-3,6-12H2,1H3,(H2,31,35)(H,32,36). The second-order valence-electron chi connectivity index (χ2n) is 11.9. The van der Waals surface area contributed by atoms with Gasteiger partial charge in [-0.1, -0.05) is 30.1 Å². The molecule has 5 fully saturated rings. The van der Waals surface area contributed by atoms with E-state index in [2.05, 4.69) is 5.32 Å². The molecule has 39 heavy (non-hydrogen) atoms. The average Bonchev–Trinajstić information content (AvgIpc) is 2.77. The molecular formula is C25H31Cl2F3N4O4S. The Labute approximate surface area is 235 Å². The van der Waals surface area contributed by atoms with E-state index >= 15 is 0 Å². The minimum absolute atomic E-state index is 0.0542. The second-order valence-corrected chi connectivity index (χ2v) is 14.6. The number of rotatable bonds is 6. The van der Waals surface area contributed by atoms with Crippen molar-refractivity contribution in [1.29, 1.82) is 0 Å². The van der Waals surface area contributed by atoms with Crippen LogP contribution in [0.3, 0.4) is 0 Å². The molecule has 5 aliphatic rings. The highest BCUT2D eigenvalue weighted by atomic mass is 35.5. The third-order valence-electron chi connectivity index (χ3n) is 8.79. The number of halogens is 5. The maximum atomic E-state index is 13.6. The van der Waals surface area contributed by atoms with Crippen LogP contribution in [0.25, 0.3) is 0 Å².